The second kappa shape index (κ2) is 5.38. The predicted molar refractivity (Wildman–Crippen MR) is 67.4 cm³/mol. The highest BCUT2D eigenvalue weighted by atomic mass is 32.2. The summed E-state index contributed by atoms with van der Waals surface area (Å²) in [5.74, 6) is 1.02. The van der Waals surface area contributed by atoms with E-state index in [4.69, 9.17) is 5.73 Å². The predicted octanol–water partition coefficient (Wildman–Crippen LogP) is 2.78. The normalized spacial score (nSPS) is 14.7. The lowest BCUT2D eigenvalue weighted by Gasteiger charge is -2.02. The third kappa shape index (κ3) is 2.86. The van der Waals surface area contributed by atoms with Crippen LogP contribution in [0, 0.1) is 0 Å². The molecule has 1 aliphatic carbocycles. The van der Waals surface area contributed by atoms with Gasteiger partial charge < -0.3 is 5.73 Å². The van der Waals surface area contributed by atoms with Gasteiger partial charge in [0.2, 0.25) is 0 Å². The van der Waals surface area contributed by atoms with Crippen molar-refractivity contribution in [3.8, 4) is 0 Å². The maximum atomic E-state index is 5.39. The molecule has 2 rings (SSSR count). The molecule has 0 radical (unpaired) electrons. The SMILES string of the molecule is NCC=CCSc1ccc2c(c1)CCC2. The van der Waals surface area contributed by atoms with E-state index in [0.717, 1.165) is 5.75 Å². The zero-order chi connectivity index (χ0) is 10.5. The highest BCUT2D eigenvalue weighted by Gasteiger charge is 2.10. The first-order valence-electron chi connectivity index (χ1n) is 5.50. The molecule has 2 heteroatoms. The molecule has 1 nitrogen and oxygen atoms in total. The van der Waals surface area contributed by atoms with E-state index in [2.05, 4.69) is 24.3 Å². The molecular weight excluding hydrogens is 202 g/mol. The second-order valence-electron chi connectivity index (χ2n) is 3.80. The molecule has 0 aromatic heterocycles. The summed E-state index contributed by atoms with van der Waals surface area (Å²) >= 11 is 1.88. The van der Waals surface area contributed by atoms with Crippen LogP contribution in [0.1, 0.15) is 17.5 Å². The minimum absolute atomic E-state index is 0.644. The number of nitrogens with two attached hydrogens (primary N) is 1. The molecule has 0 aliphatic heterocycles. The monoisotopic (exact) mass is 219 g/mol. The Balaban J connectivity index is 1.95. The van der Waals surface area contributed by atoms with E-state index >= 15 is 0 Å². The Morgan fingerprint density at radius 2 is 2.07 bits per heavy atom. The Kier molecular flexibility index (Phi) is 3.87. The molecule has 0 amide bonds. The molecule has 0 fully saturated rings. The molecule has 0 atom stereocenters. The lowest BCUT2D eigenvalue weighted by atomic mass is 10.1. The van der Waals surface area contributed by atoms with Crippen LogP contribution in [0.15, 0.2) is 35.2 Å². The zero-order valence-corrected chi connectivity index (χ0v) is 9.72. The first-order chi connectivity index (χ1) is 7.40. The first-order valence-corrected chi connectivity index (χ1v) is 6.48. The first kappa shape index (κ1) is 10.8. The van der Waals surface area contributed by atoms with Crippen molar-refractivity contribution in [3.63, 3.8) is 0 Å². The molecule has 0 saturated carbocycles. The second-order valence-corrected chi connectivity index (χ2v) is 4.90. The summed E-state index contributed by atoms with van der Waals surface area (Å²) in [6, 6.07) is 6.88. The quantitative estimate of drug-likeness (QED) is 0.622. The van der Waals surface area contributed by atoms with Crippen LogP contribution >= 0.6 is 11.8 Å². The Morgan fingerprint density at radius 1 is 1.20 bits per heavy atom. The van der Waals surface area contributed by atoms with Crippen molar-refractivity contribution in [2.45, 2.75) is 24.2 Å². The van der Waals surface area contributed by atoms with E-state index in [0.29, 0.717) is 6.54 Å². The van der Waals surface area contributed by atoms with Crippen LogP contribution < -0.4 is 5.73 Å². The molecule has 0 bridgehead atoms. The summed E-state index contributed by atoms with van der Waals surface area (Å²) in [6.07, 6.45) is 8.02. The number of hydrogen-bond acceptors (Lipinski definition) is 2. The summed E-state index contributed by atoms with van der Waals surface area (Å²) in [6.45, 7) is 0.644. The number of thioether (sulfide) groups is 1. The van der Waals surface area contributed by atoms with Crippen LogP contribution in [0.3, 0.4) is 0 Å². The number of hydrogen-bond donors (Lipinski definition) is 1. The maximum Gasteiger partial charge on any atom is 0.0161 e. The van der Waals surface area contributed by atoms with Crippen LogP contribution in [-0.2, 0) is 12.8 Å². The van der Waals surface area contributed by atoms with Crippen LogP contribution in [0.2, 0.25) is 0 Å². The smallest absolute Gasteiger partial charge is 0.0161 e. The Labute approximate surface area is 95.8 Å². The average molecular weight is 219 g/mol. The number of aryl methyl sites for hydroxylation is 2. The van der Waals surface area contributed by atoms with Crippen molar-refractivity contribution in [1.82, 2.24) is 0 Å². The molecule has 0 saturated heterocycles. The van der Waals surface area contributed by atoms with Gasteiger partial charge in [-0.25, -0.2) is 0 Å². The summed E-state index contributed by atoms with van der Waals surface area (Å²) in [4.78, 5) is 1.39. The lowest BCUT2D eigenvalue weighted by Crippen LogP contribution is -1.92. The topological polar surface area (TPSA) is 26.0 Å². The third-order valence-corrected chi connectivity index (χ3v) is 3.67. The van der Waals surface area contributed by atoms with E-state index in [1.807, 2.05) is 17.8 Å². The minimum Gasteiger partial charge on any atom is -0.327 e. The standard InChI is InChI=1S/C13H17NS/c14-8-1-2-9-15-13-7-6-11-4-3-5-12(11)10-13/h1-2,6-7,10H,3-5,8-9,14H2. The highest BCUT2D eigenvalue weighted by Crippen LogP contribution is 2.27. The molecule has 0 heterocycles. The molecule has 1 aliphatic rings. The highest BCUT2D eigenvalue weighted by molar-refractivity contribution is 7.99. The van der Waals surface area contributed by atoms with Gasteiger partial charge in [-0.2, -0.15) is 0 Å². The number of benzene rings is 1. The molecule has 15 heavy (non-hydrogen) atoms. The summed E-state index contributed by atoms with van der Waals surface area (Å²) in [7, 11) is 0. The molecule has 80 valence electrons. The molecular formula is C13H17NS. The van der Waals surface area contributed by atoms with Crippen molar-refractivity contribution < 1.29 is 0 Å². The van der Waals surface area contributed by atoms with Gasteiger partial charge in [0, 0.05) is 17.2 Å². The molecule has 1 aromatic rings. The van der Waals surface area contributed by atoms with Gasteiger partial charge in [-0.15, -0.1) is 11.8 Å². The van der Waals surface area contributed by atoms with E-state index in [1.54, 1.807) is 11.1 Å². The summed E-state index contributed by atoms with van der Waals surface area (Å²) in [5, 5.41) is 0. The van der Waals surface area contributed by atoms with E-state index in [9.17, 15) is 0 Å². The average Bonchev–Trinajstić information content (AvgIpc) is 2.71. The summed E-state index contributed by atoms with van der Waals surface area (Å²) < 4.78 is 0. The van der Waals surface area contributed by atoms with E-state index in [1.165, 1.54) is 24.2 Å². The lowest BCUT2D eigenvalue weighted by molar-refractivity contribution is 0.911. The fraction of sp³-hybridized carbons (Fsp3) is 0.385. The van der Waals surface area contributed by atoms with Gasteiger partial charge in [0.25, 0.3) is 0 Å². The molecule has 0 spiro atoms. The van der Waals surface area contributed by atoms with Gasteiger partial charge in [-0.05, 0) is 42.5 Å². The minimum atomic E-state index is 0.644. The van der Waals surface area contributed by atoms with Crippen molar-refractivity contribution in [1.29, 1.82) is 0 Å². The largest absolute Gasteiger partial charge is 0.327 e. The fourth-order valence-corrected chi connectivity index (χ4v) is 2.76. The van der Waals surface area contributed by atoms with E-state index in [-0.39, 0.29) is 0 Å². The Morgan fingerprint density at radius 3 is 2.93 bits per heavy atom. The summed E-state index contributed by atoms with van der Waals surface area (Å²) in [5.41, 5.74) is 8.50. The van der Waals surface area contributed by atoms with Crippen LogP contribution in [-0.4, -0.2) is 12.3 Å². The third-order valence-electron chi connectivity index (χ3n) is 2.72. The van der Waals surface area contributed by atoms with Crippen LogP contribution in [0.5, 0.6) is 0 Å². The molecule has 1 aromatic carbocycles. The Hall–Kier alpha value is -0.730. The van der Waals surface area contributed by atoms with E-state index < -0.39 is 0 Å². The van der Waals surface area contributed by atoms with Gasteiger partial charge in [0.05, 0.1) is 0 Å². The van der Waals surface area contributed by atoms with Crippen molar-refractivity contribution >= 4 is 11.8 Å². The zero-order valence-electron chi connectivity index (χ0n) is 8.91. The van der Waals surface area contributed by atoms with Gasteiger partial charge in [-0.3, -0.25) is 0 Å². The molecule has 0 unspecified atom stereocenters. The van der Waals surface area contributed by atoms with Crippen LogP contribution in [0.25, 0.3) is 0 Å². The van der Waals surface area contributed by atoms with Gasteiger partial charge in [-0.1, -0.05) is 18.2 Å². The fourth-order valence-electron chi connectivity index (χ4n) is 1.95. The van der Waals surface area contributed by atoms with Crippen LogP contribution in [0.4, 0.5) is 0 Å². The van der Waals surface area contributed by atoms with Crippen molar-refractivity contribution in [2.24, 2.45) is 5.73 Å². The number of fused-ring (bicyclic) bond motifs is 1. The number of rotatable bonds is 4. The maximum absolute atomic E-state index is 5.39. The van der Waals surface area contributed by atoms with Gasteiger partial charge >= 0.3 is 0 Å². The van der Waals surface area contributed by atoms with Crippen molar-refractivity contribution in [3.05, 3.63) is 41.5 Å². The Bertz CT molecular complexity index is 358. The molecule has 2 N–H and O–H groups in total. The van der Waals surface area contributed by atoms with Gasteiger partial charge in [0.15, 0.2) is 0 Å². The van der Waals surface area contributed by atoms with Crippen molar-refractivity contribution in [2.75, 3.05) is 12.3 Å². The van der Waals surface area contributed by atoms with Gasteiger partial charge in [0.1, 0.15) is 0 Å².